The number of amides is 3. The number of nitrogens with two attached hydrogens (primary N) is 3. The van der Waals surface area contributed by atoms with E-state index < -0.39 is 0 Å². The molecular formula is C93H105N21O6. The number of nitrogen functional groups attached to an aromatic ring is 3. The quantitative estimate of drug-likeness (QED) is 0.0408. The molecule has 618 valence electrons. The van der Waals surface area contributed by atoms with Gasteiger partial charge in [0.1, 0.15) is 88.0 Å². The van der Waals surface area contributed by atoms with Gasteiger partial charge in [-0.05, 0) is 187 Å². The Hall–Kier alpha value is -12.7. The Kier molecular flexibility index (Phi) is 25.9. The number of aromatic nitrogens is 12. The molecule has 9 heterocycles. The van der Waals surface area contributed by atoms with Crippen molar-refractivity contribution in [3.05, 3.63) is 219 Å². The fourth-order valence-corrected chi connectivity index (χ4v) is 17.4. The lowest BCUT2D eigenvalue weighted by Gasteiger charge is -2.32. The molecule has 18 rings (SSSR count). The van der Waals surface area contributed by atoms with Crippen molar-refractivity contribution in [2.45, 2.75) is 139 Å². The molecule has 3 amide bonds. The predicted octanol–water partition coefficient (Wildman–Crippen LogP) is 15.3. The maximum atomic E-state index is 13.1. The van der Waals surface area contributed by atoms with E-state index in [0.29, 0.717) is 85.2 Å². The van der Waals surface area contributed by atoms with Crippen LogP contribution < -0.4 is 36.7 Å². The van der Waals surface area contributed by atoms with Crippen molar-refractivity contribution >= 4 is 68.3 Å². The number of fused-ring (bicyclic) bond motifs is 3. The number of carbonyl (C=O) groups is 3. The molecule has 3 saturated heterocycles. The first kappa shape index (κ1) is 81.0. The molecule has 3 aliphatic carbocycles. The summed E-state index contributed by atoms with van der Waals surface area (Å²) in [6.45, 7) is 6.14. The number of hydrogen-bond donors (Lipinski definition) is 4. The SMILES string of the molecule is CN(C/C=C/C(=O)N1CCC[C@@H](n2nc(-c3ccc(Oc4ccccc4)cc3)c3c(N)ncnc32)C1)C1CCCC1.CN(C/C=C/C(=O)N1CC[C@@H](n2nc(-c3ccc(Oc4ccccc4)cc3)c3c(N)ncnc32)C1)C1CCCC1.Nc1ncnc2c1c(-c1ccc(Oc3ccccc3)cc1)nn2[C@@H]1CCN(C(=O)/C=C/CNC2CCCC2)C1. The molecule has 6 aliphatic rings. The number of ether oxygens (including phenoxy) is 3. The second-order valence-corrected chi connectivity index (χ2v) is 32.0. The molecule has 0 bridgehead atoms. The zero-order valence-electron chi connectivity index (χ0n) is 68.2. The monoisotopic (exact) mass is 1610 g/mol. The van der Waals surface area contributed by atoms with Gasteiger partial charge in [0.05, 0.1) is 34.3 Å². The van der Waals surface area contributed by atoms with Crippen molar-refractivity contribution in [1.29, 1.82) is 0 Å². The van der Waals surface area contributed by atoms with Crippen LogP contribution in [0.5, 0.6) is 34.5 Å². The van der Waals surface area contributed by atoms with Crippen molar-refractivity contribution in [3.63, 3.8) is 0 Å². The number of benzene rings is 6. The summed E-state index contributed by atoms with van der Waals surface area (Å²) < 4.78 is 23.6. The van der Waals surface area contributed by atoms with E-state index in [4.69, 9.17) is 46.7 Å². The molecule has 27 nitrogen and oxygen atoms in total. The molecule has 6 fully saturated rings. The number of likely N-dealkylation sites (tertiary alicyclic amines) is 3. The fourth-order valence-electron chi connectivity index (χ4n) is 17.4. The van der Waals surface area contributed by atoms with Crippen LogP contribution in [0.4, 0.5) is 17.5 Å². The van der Waals surface area contributed by atoms with Gasteiger partial charge >= 0.3 is 0 Å². The van der Waals surface area contributed by atoms with Crippen LogP contribution in [0.3, 0.4) is 0 Å². The first-order valence-electron chi connectivity index (χ1n) is 42.2. The Labute approximate surface area is 699 Å². The maximum Gasteiger partial charge on any atom is 0.246 e. The van der Waals surface area contributed by atoms with Crippen LogP contribution in [-0.2, 0) is 14.4 Å². The third-order valence-electron chi connectivity index (χ3n) is 23.9. The Bertz CT molecular complexity index is 5550. The highest BCUT2D eigenvalue weighted by Gasteiger charge is 2.34. The van der Waals surface area contributed by atoms with Gasteiger partial charge in [-0.3, -0.25) is 24.2 Å². The normalized spacial score (nSPS) is 18.0. The summed E-state index contributed by atoms with van der Waals surface area (Å²) in [4.78, 5) is 75.7. The minimum atomic E-state index is -0.00602. The van der Waals surface area contributed by atoms with E-state index in [1.807, 2.05) is 211 Å². The minimum absolute atomic E-state index is 0.00440. The summed E-state index contributed by atoms with van der Waals surface area (Å²) in [6, 6.07) is 54.2. The number of rotatable bonds is 24. The van der Waals surface area contributed by atoms with Gasteiger partial charge in [0.15, 0.2) is 16.9 Å². The van der Waals surface area contributed by atoms with Crippen LogP contribution in [0.15, 0.2) is 219 Å². The van der Waals surface area contributed by atoms with E-state index in [9.17, 15) is 14.4 Å². The lowest BCUT2D eigenvalue weighted by molar-refractivity contribution is -0.128. The zero-order valence-corrected chi connectivity index (χ0v) is 68.2. The molecule has 0 spiro atoms. The topological polar surface area (TPSA) is 316 Å². The number of nitrogens with one attached hydrogen (secondary N) is 1. The number of likely N-dealkylation sites (N-methyl/N-ethyl adjacent to an activating group) is 2. The Balaban J connectivity index is 0.000000134. The van der Waals surface area contributed by atoms with Crippen molar-refractivity contribution < 1.29 is 28.6 Å². The zero-order chi connectivity index (χ0) is 82.3. The Morgan fingerprint density at radius 2 is 0.700 bits per heavy atom. The Morgan fingerprint density at radius 3 is 1.06 bits per heavy atom. The van der Waals surface area contributed by atoms with E-state index in [0.717, 1.165) is 136 Å². The molecule has 6 aromatic heterocycles. The number of para-hydroxylation sites is 3. The third-order valence-corrected chi connectivity index (χ3v) is 23.9. The summed E-state index contributed by atoms with van der Waals surface area (Å²) in [5, 5.41) is 20.6. The lowest BCUT2D eigenvalue weighted by Crippen LogP contribution is -2.40. The van der Waals surface area contributed by atoms with Gasteiger partial charge in [0, 0.05) is 112 Å². The lowest BCUT2D eigenvalue weighted by atomic mass is 10.1. The van der Waals surface area contributed by atoms with Crippen LogP contribution >= 0.6 is 0 Å². The van der Waals surface area contributed by atoms with Gasteiger partial charge in [-0.2, -0.15) is 15.3 Å². The average molecular weight is 1610 g/mol. The van der Waals surface area contributed by atoms with E-state index in [-0.39, 0.29) is 35.8 Å². The standard InChI is InChI=1S/C32H37N7O2.C31H35N7O2.C30H33N7O2/c1-37(24-9-5-6-10-24)19-8-14-28(40)38-20-7-11-25(21-38)39-32-29(31(33)34-22-35-32)30(36-39)23-15-17-27(18-16-23)41-26-12-3-2-4-13-26;1-36(23-8-5-6-9-23)18-7-12-27(39)37-19-17-24(20-37)38-31-28(30(32)33-21-34-31)29(35-38)22-13-15-26(16-14-22)40-25-10-3-2-4-11-25;31-29-27-28(21-12-14-25(15-13-21)39-24-9-2-1-3-10-24)35-37(30(27)34-20-33-29)23-16-18-36(19-23)26(38)11-6-17-32-22-7-4-5-8-22/h2-4,8,12-18,22,24-25H,5-7,9-11,19-21H2,1H3,(H2,33,34,35);2-4,7,10-16,21,23-24H,5-6,8-9,17-20H2,1H3,(H2,32,33,34);1-3,6,9-15,20,22-23,32H,4-5,7-8,16-19H2,(H2,31,33,34)/b14-8+;12-7+;11-6+/t25-;24-;23-/m111/s1. The molecule has 0 radical (unpaired) electrons. The van der Waals surface area contributed by atoms with Crippen molar-refractivity contribution in [2.75, 3.05) is 90.2 Å². The van der Waals surface area contributed by atoms with Crippen molar-refractivity contribution in [3.8, 4) is 68.3 Å². The first-order valence-corrected chi connectivity index (χ1v) is 42.2. The van der Waals surface area contributed by atoms with Gasteiger partial charge in [0.25, 0.3) is 0 Å². The van der Waals surface area contributed by atoms with E-state index in [1.54, 1.807) is 18.2 Å². The molecule has 120 heavy (non-hydrogen) atoms. The summed E-state index contributed by atoms with van der Waals surface area (Å²) in [5.41, 5.74) is 25.9. The van der Waals surface area contributed by atoms with Gasteiger partial charge in [-0.1, -0.05) is 111 Å². The van der Waals surface area contributed by atoms with Crippen molar-refractivity contribution in [1.82, 2.24) is 89.1 Å². The smallest absolute Gasteiger partial charge is 0.246 e. The molecular weight excluding hydrogens is 1510 g/mol. The van der Waals surface area contributed by atoms with Crippen LogP contribution in [0, 0.1) is 0 Å². The van der Waals surface area contributed by atoms with Crippen LogP contribution in [-0.4, -0.2) is 193 Å². The van der Waals surface area contributed by atoms with E-state index >= 15 is 0 Å². The summed E-state index contributed by atoms with van der Waals surface area (Å²) in [5.74, 6) is 5.81. The number of piperidine rings is 1. The molecule has 0 unspecified atom stereocenters. The molecule has 7 N–H and O–H groups in total. The van der Waals surface area contributed by atoms with Crippen LogP contribution in [0.2, 0.25) is 0 Å². The summed E-state index contributed by atoms with van der Waals surface area (Å²) >= 11 is 0. The Morgan fingerprint density at radius 1 is 0.383 bits per heavy atom. The number of anilines is 3. The van der Waals surface area contributed by atoms with Gasteiger partial charge in [0.2, 0.25) is 17.7 Å². The third kappa shape index (κ3) is 19.3. The summed E-state index contributed by atoms with van der Waals surface area (Å²) in [6.07, 6.45) is 34.2. The predicted molar refractivity (Wildman–Crippen MR) is 468 cm³/mol. The molecule has 12 aromatic rings. The van der Waals surface area contributed by atoms with Gasteiger partial charge < -0.3 is 51.4 Å². The molecule has 6 aromatic carbocycles. The second-order valence-electron chi connectivity index (χ2n) is 32.0. The number of hydrogen-bond acceptors (Lipinski definition) is 21. The summed E-state index contributed by atoms with van der Waals surface area (Å²) in [7, 11) is 4.30. The largest absolute Gasteiger partial charge is 0.457 e. The maximum absolute atomic E-state index is 13.1. The number of carbonyl (C=O) groups excluding carboxylic acids is 3. The number of nitrogens with zero attached hydrogens (tertiary/aromatic N) is 17. The molecule has 3 atom stereocenters. The minimum Gasteiger partial charge on any atom is -0.457 e. The molecule has 3 aliphatic heterocycles. The van der Waals surface area contributed by atoms with Crippen LogP contribution in [0.25, 0.3) is 66.9 Å². The highest BCUT2D eigenvalue weighted by atomic mass is 16.5. The molecule has 27 heteroatoms. The highest BCUT2D eigenvalue weighted by molar-refractivity contribution is 6.01. The second kappa shape index (κ2) is 38.3. The van der Waals surface area contributed by atoms with E-state index in [2.05, 4.69) is 59.1 Å². The van der Waals surface area contributed by atoms with Crippen LogP contribution in [0.1, 0.15) is 121 Å². The molecule has 3 saturated carbocycles. The first-order chi connectivity index (χ1) is 58.8. The van der Waals surface area contributed by atoms with Gasteiger partial charge in [-0.15, -0.1) is 0 Å². The van der Waals surface area contributed by atoms with Gasteiger partial charge in [-0.25, -0.2) is 43.9 Å². The van der Waals surface area contributed by atoms with Crippen molar-refractivity contribution in [2.24, 2.45) is 0 Å². The highest BCUT2D eigenvalue weighted by Crippen LogP contribution is 2.40. The average Bonchev–Trinajstić information content (AvgIpc) is 1.62. The van der Waals surface area contributed by atoms with E-state index in [1.165, 1.54) is 96.0 Å². The fraction of sp³-hybridized carbons (Fsp3) is 0.355.